The van der Waals surface area contributed by atoms with Crippen molar-refractivity contribution < 1.29 is 165 Å². The Morgan fingerprint density at radius 1 is 0.500 bits per heavy atom. The van der Waals surface area contributed by atoms with Gasteiger partial charge in [0.2, 0.25) is 29.5 Å². The van der Waals surface area contributed by atoms with Crippen LogP contribution in [0.15, 0.2) is 0 Å². The Labute approximate surface area is 690 Å². The quantitative estimate of drug-likeness (QED) is 0.0247. The first-order chi connectivity index (χ1) is 55.8. The second kappa shape index (κ2) is 54.3. The maximum atomic E-state index is 14.4. The predicted molar refractivity (Wildman–Crippen MR) is 424 cm³/mol. The second-order valence-corrected chi connectivity index (χ2v) is 38.0. The highest BCUT2D eigenvalue weighted by atomic mass is 32.1. The molecule has 0 aromatic rings. The first kappa shape index (κ1) is 106. The molecule has 2 aliphatic carbocycles. The molecule has 0 spiro atoms. The van der Waals surface area contributed by atoms with Crippen LogP contribution < -0.4 is 26.6 Å². The lowest BCUT2D eigenvalue weighted by Crippen LogP contribution is -2.64. The lowest BCUT2D eigenvalue weighted by Gasteiger charge is -2.42. The number of unbranched alkanes of at least 4 members (excludes halogenated alkanes) is 1. The zero-order chi connectivity index (χ0) is 88.0. The van der Waals surface area contributed by atoms with Crippen molar-refractivity contribution in [3.8, 4) is 0 Å². The lowest BCUT2D eigenvalue weighted by atomic mass is 9.79. The van der Waals surface area contributed by atoms with Gasteiger partial charge in [-0.15, -0.1) is 0 Å². The zero-order valence-electron chi connectivity index (χ0n) is 68.8. The molecule has 3 saturated heterocycles. The summed E-state index contributed by atoms with van der Waals surface area (Å²) in [5.74, 6) is -6.54. The highest BCUT2D eigenvalue weighted by Gasteiger charge is 2.49. The lowest BCUT2D eigenvalue weighted by molar-refractivity contribution is -0.269. The largest absolute Gasteiger partial charge is 0.396 e. The number of nitrogens with one attached hydrogen (secondary N) is 5. The average molecular weight is 1750 g/mol. The molecule has 0 aromatic carbocycles. The van der Waals surface area contributed by atoms with Gasteiger partial charge in [0.05, 0.1) is 108 Å². The number of aliphatic hydroxyl groups excluding tert-OH is 10. The Kier molecular flexibility index (Phi) is 48.6. The highest BCUT2D eigenvalue weighted by molar-refractivity contribution is 8.24. The minimum atomic E-state index is -3.88. The number of aliphatic hydroxyl groups is 10. The van der Waals surface area contributed by atoms with E-state index in [9.17, 15) is 118 Å². The van der Waals surface area contributed by atoms with Crippen molar-refractivity contribution >= 4 is 93.4 Å². The smallest absolute Gasteiger partial charge is 0.325 e. The van der Waals surface area contributed by atoms with E-state index in [1.807, 2.05) is 13.8 Å². The van der Waals surface area contributed by atoms with Gasteiger partial charge in [-0.05, 0) is 78.5 Å². The van der Waals surface area contributed by atoms with Crippen molar-refractivity contribution in [3.05, 3.63) is 0 Å². The summed E-state index contributed by atoms with van der Waals surface area (Å²) in [6, 6.07) is -3.46. The van der Waals surface area contributed by atoms with Crippen molar-refractivity contribution in [2.75, 3.05) is 92.0 Å². The molecule has 5 aliphatic rings. The molecular formula is C76H132N5O34P3. The van der Waals surface area contributed by atoms with Crippen LogP contribution in [0.1, 0.15) is 183 Å². The topological polar surface area (TPSA) is 600 Å². The fraction of sp³-hybridized carbons (Fsp3) is 0.842. The van der Waals surface area contributed by atoms with E-state index in [1.54, 1.807) is 6.92 Å². The normalized spacial score (nSPS) is 29.9. The summed E-state index contributed by atoms with van der Waals surface area (Å²) in [6.07, 6.45) is -14.0. The summed E-state index contributed by atoms with van der Waals surface area (Å²) in [4.78, 5) is 164. The number of carbonyl (C=O) groups is 11. The number of hydrogen-bond acceptors (Lipinski definition) is 33. The summed E-state index contributed by atoms with van der Waals surface area (Å²) >= 11 is 0. The molecule has 2 saturated carbocycles. The van der Waals surface area contributed by atoms with Crippen LogP contribution in [0.2, 0.25) is 0 Å². The van der Waals surface area contributed by atoms with E-state index < -0.39 is 191 Å². The molecule has 5 fully saturated rings. The molecule has 42 heteroatoms. The summed E-state index contributed by atoms with van der Waals surface area (Å²) < 4.78 is 69.5. The van der Waals surface area contributed by atoms with E-state index in [-0.39, 0.29) is 249 Å². The molecular weight excluding hydrogens is 1620 g/mol. The number of amides is 5. The van der Waals surface area contributed by atoms with Gasteiger partial charge in [0, 0.05) is 142 Å². The third kappa shape index (κ3) is 38.3. The Morgan fingerprint density at radius 3 is 1.46 bits per heavy atom. The van der Waals surface area contributed by atoms with Crippen LogP contribution in [0.5, 0.6) is 0 Å². The molecule has 680 valence electrons. The van der Waals surface area contributed by atoms with E-state index >= 15 is 0 Å². The third-order valence-corrected chi connectivity index (χ3v) is 25.6. The molecule has 3 aliphatic heterocycles. The van der Waals surface area contributed by atoms with Crippen LogP contribution in [-0.4, -0.2) is 339 Å². The molecule has 0 radical (unpaired) electrons. The number of ether oxygens (including phenoxy) is 8. The third-order valence-electron chi connectivity index (χ3n) is 20.8. The van der Waals surface area contributed by atoms with Crippen LogP contribution in [0.3, 0.4) is 0 Å². The maximum absolute atomic E-state index is 14.4. The number of ketones is 6. The fourth-order valence-corrected chi connectivity index (χ4v) is 18.9. The van der Waals surface area contributed by atoms with Gasteiger partial charge in [-0.3, -0.25) is 57.3 Å². The van der Waals surface area contributed by atoms with Crippen molar-refractivity contribution in [2.24, 2.45) is 17.8 Å². The first-order valence-corrected chi connectivity index (χ1v) is 46.6. The van der Waals surface area contributed by atoms with Gasteiger partial charge in [0.1, 0.15) is 103 Å². The van der Waals surface area contributed by atoms with E-state index in [0.717, 1.165) is 6.66 Å². The van der Waals surface area contributed by atoms with Crippen LogP contribution in [0, 0.1) is 17.8 Å². The number of carbonyl (C=O) groups excluding carboxylic acids is 11. The summed E-state index contributed by atoms with van der Waals surface area (Å²) in [7, 11) is -7.58. The Balaban J connectivity index is 0.0000145. The van der Waals surface area contributed by atoms with Crippen LogP contribution in [0.4, 0.5) is 0 Å². The molecule has 118 heavy (non-hydrogen) atoms. The van der Waals surface area contributed by atoms with E-state index in [4.69, 9.17) is 46.9 Å². The summed E-state index contributed by atoms with van der Waals surface area (Å²) in [5.41, 5.74) is -1.49. The SMILES string of the molecule is C=P(O)(O[C@H]1C[C@H](C)O[C@@H]1COP(C)(=O)O)PC[C@@H]1C[C@@H](O)CC1C(=O)CCC(=O)NC(CCCCC(=O)NCCC(=O)CCO[C@@H]1OC(CO)[C@H](O)[C@H](O)C1NC(C)=O)(COCCC(=O)CCCC(=O)CCO[C@@H]1OC(CO)[C@H](O)[C@H](O)C1NC(C)=O)COCCC(=O)CCCC(=O)CCO[C@@H]1CC(CO)[C@H](O)[C@H](O)C1NC(C)=O.CC. The Bertz CT molecular complexity index is 3020. The van der Waals surface area contributed by atoms with E-state index in [1.165, 1.54) is 20.8 Å². The molecule has 0 aromatic heterocycles. The Hall–Kier alpha value is -4.55. The van der Waals surface area contributed by atoms with E-state index in [2.05, 4.69) is 32.9 Å². The minimum absolute atomic E-state index is 0.0144. The highest BCUT2D eigenvalue weighted by Crippen LogP contribution is 2.64. The van der Waals surface area contributed by atoms with Gasteiger partial charge in [0.15, 0.2) is 12.6 Å². The number of Topliss-reactive ketones (excluding diaryl/α,β-unsaturated/α-hetero) is 6. The van der Waals surface area contributed by atoms with Crippen LogP contribution in [-0.2, 0) is 104 Å². The van der Waals surface area contributed by atoms with Crippen molar-refractivity contribution in [1.82, 2.24) is 26.6 Å². The molecule has 17 N–H and O–H groups in total. The molecule has 0 bridgehead atoms. The van der Waals surface area contributed by atoms with Gasteiger partial charge < -0.3 is 134 Å². The summed E-state index contributed by atoms with van der Waals surface area (Å²) in [6.45, 7) is 6.49. The summed E-state index contributed by atoms with van der Waals surface area (Å²) in [5, 5.41) is 116. The standard InChI is InChI=1S/C74H126N5O34P3.C2H6/c1-42-31-56(60(110-42)38-109-115(5,101)102)113-116(6,103)114-39-47-32-53(91)34-54(47)55(92)16-17-62(94)79-74(24-8-7-15-61(93)75-25-18-52(90)23-30-108-73-65(78-45(4)85)71(100)68(97)59(37-82)112-73,40-104-26-19-48(86)11-9-13-50(88)21-28-106-57-33-46(35-80)66(95)69(98)63(57)76-43(2)83)41-105-27-20-49(87)12-10-14-51(89)22-29-107-72-64(77-44(3)84)70(99)67(96)58(36-81)111-72;1-2/h42,46-47,53-54,56-60,63-73,80-82,91,95-100,103,114H,6-41H2,1-5H3,(H,75,93)(H,76,83)(H,77,84)(H,78,85)(H,79,94)(H,101,102);1-2H3/t42-,46?,47-,53+,54?,56-,57+,58?,59?,60+,63?,64?,65?,66-,67-,68-,69+,70+,71+,72+,73+,74?,116?;/m0./s1. The van der Waals surface area contributed by atoms with Crippen molar-refractivity contribution in [2.45, 2.75) is 298 Å². The fourth-order valence-electron chi connectivity index (χ4n) is 14.6. The van der Waals surface area contributed by atoms with E-state index in [0.29, 0.717) is 6.42 Å². The van der Waals surface area contributed by atoms with Crippen LogP contribution in [0.25, 0.3) is 0 Å². The molecule has 39 nitrogen and oxygen atoms in total. The molecule has 3 heterocycles. The van der Waals surface area contributed by atoms with Crippen molar-refractivity contribution in [3.63, 3.8) is 0 Å². The monoisotopic (exact) mass is 1750 g/mol. The van der Waals surface area contributed by atoms with Gasteiger partial charge in [0.25, 0.3) is 0 Å². The number of hydrogen-bond donors (Lipinski definition) is 17. The Morgan fingerprint density at radius 2 is 0.975 bits per heavy atom. The van der Waals surface area contributed by atoms with Crippen LogP contribution >= 0.6 is 22.9 Å². The minimum Gasteiger partial charge on any atom is -0.396 e. The van der Waals surface area contributed by atoms with Gasteiger partial charge in [-0.1, -0.05) is 20.3 Å². The molecule has 5 amide bonds. The molecule has 25 atom stereocenters. The zero-order valence-corrected chi connectivity index (χ0v) is 71.6. The number of rotatable bonds is 57. The van der Waals surface area contributed by atoms with Gasteiger partial charge in [-0.25, -0.2) is 0 Å². The molecule has 5 rings (SSSR count). The maximum Gasteiger partial charge on any atom is 0.325 e. The molecule has 11 unspecified atom stereocenters. The van der Waals surface area contributed by atoms with Gasteiger partial charge >= 0.3 is 7.60 Å². The van der Waals surface area contributed by atoms with Gasteiger partial charge in [-0.2, -0.15) is 0 Å². The first-order valence-electron chi connectivity index (χ1n) is 40.7. The predicted octanol–water partition coefficient (Wildman–Crippen LogP) is -1.36. The average Bonchev–Trinajstić information content (AvgIpc) is 1.29. The second-order valence-electron chi connectivity index (χ2n) is 30.8. The van der Waals surface area contributed by atoms with Crippen molar-refractivity contribution in [1.29, 1.82) is 0 Å².